The average Bonchev–Trinajstić information content (AvgIpc) is 2.87. The fourth-order valence-corrected chi connectivity index (χ4v) is 3.58. The Morgan fingerprint density at radius 3 is 2.48 bits per heavy atom. The Morgan fingerprint density at radius 2 is 1.96 bits per heavy atom. The number of aliphatic carboxylic acids is 1. The lowest BCUT2D eigenvalue weighted by molar-refractivity contribution is -0.384. The van der Waals surface area contributed by atoms with Gasteiger partial charge in [-0.15, -0.1) is 0 Å². The Labute approximate surface area is 141 Å². The molecule has 8 heteroatoms. The highest BCUT2D eigenvalue weighted by molar-refractivity contribution is 9.10. The van der Waals surface area contributed by atoms with E-state index in [0.29, 0.717) is 10.2 Å². The zero-order valence-electron chi connectivity index (χ0n) is 12.4. The molecule has 23 heavy (non-hydrogen) atoms. The van der Waals surface area contributed by atoms with Crippen LogP contribution in [0.1, 0.15) is 38.5 Å². The minimum Gasteiger partial charge on any atom is -0.481 e. The Hall–Kier alpha value is -1.96. The van der Waals surface area contributed by atoms with Gasteiger partial charge >= 0.3 is 5.97 Å². The number of nitrogens with one attached hydrogen (secondary N) is 1. The van der Waals surface area contributed by atoms with Gasteiger partial charge < -0.3 is 10.4 Å². The smallest absolute Gasteiger partial charge is 0.303 e. The van der Waals surface area contributed by atoms with Gasteiger partial charge in [-0.05, 0) is 40.3 Å². The number of carbonyl (C=O) groups is 2. The van der Waals surface area contributed by atoms with Crippen molar-refractivity contribution in [3.8, 4) is 0 Å². The molecule has 0 atom stereocenters. The van der Waals surface area contributed by atoms with E-state index in [9.17, 15) is 19.7 Å². The highest BCUT2D eigenvalue weighted by atomic mass is 79.9. The molecule has 1 aromatic rings. The minimum absolute atomic E-state index is 0.0121. The van der Waals surface area contributed by atoms with Crippen LogP contribution in [-0.2, 0) is 9.59 Å². The number of rotatable bonds is 6. The van der Waals surface area contributed by atoms with E-state index in [4.69, 9.17) is 5.11 Å². The molecule has 0 aliphatic heterocycles. The molecule has 0 aromatic heterocycles. The van der Waals surface area contributed by atoms with Gasteiger partial charge in [0.2, 0.25) is 5.91 Å². The largest absolute Gasteiger partial charge is 0.481 e. The third kappa shape index (κ3) is 4.51. The van der Waals surface area contributed by atoms with E-state index in [1.54, 1.807) is 0 Å². The normalized spacial score (nSPS) is 16.0. The van der Waals surface area contributed by atoms with Crippen LogP contribution in [0.4, 0.5) is 11.4 Å². The van der Waals surface area contributed by atoms with Crippen LogP contribution < -0.4 is 5.32 Å². The van der Waals surface area contributed by atoms with Gasteiger partial charge in [0, 0.05) is 23.0 Å². The predicted molar refractivity (Wildman–Crippen MR) is 87.2 cm³/mol. The topological polar surface area (TPSA) is 110 Å². The van der Waals surface area contributed by atoms with Gasteiger partial charge in [0.25, 0.3) is 5.69 Å². The summed E-state index contributed by atoms with van der Waals surface area (Å²) in [5.41, 5.74) is -0.125. The number of carbonyl (C=O) groups excluding carboxylic acids is 1. The van der Waals surface area contributed by atoms with Crippen LogP contribution >= 0.6 is 15.9 Å². The quantitative estimate of drug-likeness (QED) is 0.573. The van der Waals surface area contributed by atoms with Crippen molar-refractivity contribution in [1.82, 2.24) is 0 Å². The molecule has 124 valence electrons. The number of benzene rings is 1. The summed E-state index contributed by atoms with van der Waals surface area (Å²) in [4.78, 5) is 33.5. The predicted octanol–water partition coefficient (Wildman–Crippen LogP) is 3.72. The zero-order valence-corrected chi connectivity index (χ0v) is 14.0. The van der Waals surface area contributed by atoms with Gasteiger partial charge in [-0.1, -0.05) is 12.8 Å². The number of amides is 1. The van der Waals surface area contributed by atoms with E-state index in [0.717, 1.165) is 25.7 Å². The Bertz CT molecular complexity index is 641. The van der Waals surface area contributed by atoms with Crippen LogP contribution in [0.3, 0.4) is 0 Å². The first kappa shape index (κ1) is 17.4. The number of non-ortho nitro benzene ring substituents is 1. The van der Waals surface area contributed by atoms with Gasteiger partial charge in [0.1, 0.15) is 0 Å². The number of nitrogens with zero attached hydrogens (tertiary/aromatic N) is 1. The molecule has 1 saturated carbocycles. The lowest BCUT2D eigenvalue weighted by atomic mass is 9.79. The van der Waals surface area contributed by atoms with Gasteiger partial charge in [-0.2, -0.15) is 0 Å². The van der Waals surface area contributed by atoms with E-state index in [2.05, 4.69) is 21.2 Å². The minimum atomic E-state index is -0.892. The van der Waals surface area contributed by atoms with Crippen LogP contribution in [0.25, 0.3) is 0 Å². The highest BCUT2D eigenvalue weighted by Crippen LogP contribution is 2.44. The second kappa shape index (κ2) is 7.08. The SMILES string of the molecule is O=C(O)CC1(CC(=O)Nc2ccc([N+](=O)[O-])cc2Br)CCCC1. The van der Waals surface area contributed by atoms with Crippen molar-refractivity contribution in [2.75, 3.05) is 5.32 Å². The number of hydrogen-bond donors (Lipinski definition) is 2. The molecule has 0 unspecified atom stereocenters. The summed E-state index contributed by atoms with van der Waals surface area (Å²) in [5, 5.41) is 22.5. The summed E-state index contributed by atoms with van der Waals surface area (Å²) in [7, 11) is 0. The Balaban J connectivity index is 2.06. The van der Waals surface area contributed by atoms with Gasteiger partial charge in [0.15, 0.2) is 0 Å². The number of hydrogen-bond acceptors (Lipinski definition) is 4. The van der Waals surface area contributed by atoms with Crippen molar-refractivity contribution < 1.29 is 19.6 Å². The number of carboxylic acid groups (broad SMARTS) is 1. The van der Waals surface area contributed by atoms with Crippen molar-refractivity contribution in [2.45, 2.75) is 38.5 Å². The maximum absolute atomic E-state index is 12.3. The first-order valence-electron chi connectivity index (χ1n) is 7.27. The molecule has 7 nitrogen and oxygen atoms in total. The van der Waals surface area contributed by atoms with Crippen molar-refractivity contribution in [2.24, 2.45) is 5.41 Å². The van der Waals surface area contributed by atoms with Crippen LogP contribution in [-0.4, -0.2) is 21.9 Å². The molecule has 0 saturated heterocycles. The van der Waals surface area contributed by atoms with E-state index >= 15 is 0 Å². The molecular weight excluding hydrogens is 368 g/mol. The lowest BCUT2D eigenvalue weighted by Crippen LogP contribution is -2.27. The molecule has 0 spiro atoms. The lowest BCUT2D eigenvalue weighted by Gasteiger charge is -2.26. The van der Waals surface area contributed by atoms with Gasteiger partial charge in [0.05, 0.1) is 17.0 Å². The van der Waals surface area contributed by atoms with Crippen LogP contribution in [0.5, 0.6) is 0 Å². The molecule has 0 bridgehead atoms. The third-order valence-corrected chi connectivity index (χ3v) is 4.82. The molecule has 2 rings (SSSR count). The fraction of sp³-hybridized carbons (Fsp3) is 0.467. The molecule has 2 N–H and O–H groups in total. The van der Waals surface area contributed by atoms with Crippen molar-refractivity contribution >= 4 is 39.2 Å². The van der Waals surface area contributed by atoms with Crippen LogP contribution in [0.2, 0.25) is 0 Å². The summed E-state index contributed by atoms with van der Waals surface area (Å²) < 4.78 is 0.416. The average molecular weight is 385 g/mol. The molecule has 1 amide bonds. The number of halogens is 1. The van der Waals surface area contributed by atoms with Crippen LogP contribution in [0, 0.1) is 15.5 Å². The summed E-state index contributed by atoms with van der Waals surface area (Å²) in [6.45, 7) is 0. The molecule has 0 heterocycles. The highest BCUT2D eigenvalue weighted by Gasteiger charge is 2.38. The summed E-state index contributed by atoms with van der Waals surface area (Å²) in [6, 6.07) is 4.08. The third-order valence-electron chi connectivity index (χ3n) is 4.16. The van der Waals surface area contributed by atoms with E-state index in [-0.39, 0.29) is 24.4 Å². The first-order valence-corrected chi connectivity index (χ1v) is 8.06. The standard InChI is InChI=1S/C15H17BrN2O5/c16-11-7-10(18(22)23)3-4-12(11)17-13(19)8-15(9-14(20)21)5-1-2-6-15/h3-4,7H,1-2,5-6,8-9H2,(H,17,19)(H,20,21). The van der Waals surface area contributed by atoms with Crippen LogP contribution in [0.15, 0.2) is 22.7 Å². The number of nitro benzene ring substituents is 1. The van der Waals surface area contributed by atoms with Gasteiger partial charge in [-0.25, -0.2) is 0 Å². The monoisotopic (exact) mass is 384 g/mol. The summed E-state index contributed by atoms with van der Waals surface area (Å²) >= 11 is 3.20. The molecule has 1 fully saturated rings. The fourth-order valence-electron chi connectivity index (χ4n) is 3.12. The summed E-state index contributed by atoms with van der Waals surface area (Å²) in [5.74, 6) is -1.17. The zero-order chi connectivity index (χ0) is 17.0. The molecule has 1 aliphatic carbocycles. The molecule has 0 radical (unpaired) electrons. The second-order valence-electron chi connectivity index (χ2n) is 5.92. The van der Waals surface area contributed by atoms with Crippen molar-refractivity contribution in [3.05, 3.63) is 32.8 Å². The number of anilines is 1. The van der Waals surface area contributed by atoms with Crippen molar-refractivity contribution in [1.29, 1.82) is 0 Å². The molecule has 1 aliphatic rings. The van der Waals surface area contributed by atoms with E-state index in [1.165, 1.54) is 18.2 Å². The van der Waals surface area contributed by atoms with E-state index in [1.807, 2.05) is 0 Å². The number of carboxylic acids is 1. The molecular formula is C15H17BrN2O5. The van der Waals surface area contributed by atoms with Crippen molar-refractivity contribution in [3.63, 3.8) is 0 Å². The Kier molecular flexibility index (Phi) is 5.35. The maximum atomic E-state index is 12.3. The first-order chi connectivity index (χ1) is 10.8. The van der Waals surface area contributed by atoms with E-state index < -0.39 is 16.3 Å². The maximum Gasteiger partial charge on any atom is 0.303 e. The Morgan fingerprint density at radius 1 is 1.30 bits per heavy atom. The number of nitro groups is 1. The molecule has 1 aromatic carbocycles. The second-order valence-corrected chi connectivity index (χ2v) is 6.78. The van der Waals surface area contributed by atoms with Gasteiger partial charge in [-0.3, -0.25) is 19.7 Å². The summed E-state index contributed by atoms with van der Waals surface area (Å²) in [6.07, 6.45) is 3.45.